The van der Waals surface area contributed by atoms with E-state index in [2.05, 4.69) is 269 Å². The van der Waals surface area contributed by atoms with Crippen LogP contribution in [0.5, 0.6) is 0 Å². The Morgan fingerprint density at radius 3 is 0.523 bits per heavy atom. The monoisotopic (exact) mass is 1930 g/mol. The number of rotatable bonds is 20. The van der Waals surface area contributed by atoms with E-state index in [-0.39, 0.29) is 5.34 Å². The van der Waals surface area contributed by atoms with Crippen molar-refractivity contribution >= 4 is 341 Å². The van der Waals surface area contributed by atoms with E-state index < -0.39 is 0 Å². The van der Waals surface area contributed by atoms with Crippen molar-refractivity contribution in [3.05, 3.63) is 291 Å². The highest BCUT2D eigenvalue weighted by Gasteiger charge is 2.35. The molecule has 2 aliphatic carbocycles. The van der Waals surface area contributed by atoms with Gasteiger partial charge in [0.1, 0.15) is 0 Å². The van der Waals surface area contributed by atoms with E-state index in [9.17, 15) is 0 Å². The molecule has 8 aliphatic rings. The summed E-state index contributed by atoms with van der Waals surface area (Å²) in [4.78, 5) is 0. The van der Waals surface area contributed by atoms with Gasteiger partial charge in [0.25, 0.3) is 0 Å². The first-order valence-corrected chi connectivity index (χ1v) is 59.4. The van der Waals surface area contributed by atoms with Gasteiger partial charge in [-0.2, -0.15) is 0 Å². The third-order valence-electron chi connectivity index (χ3n) is 17.8. The van der Waals surface area contributed by atoms with Crippen molar-refractivity contribution in [2.24, 2.45) is 0 Å². The van der Waals surface area contributed by atoms with Crippen LogP contribution in [-0.4, -0.2) is 80.4 Å². The fourth-order valence-electron chi connectivity index (χ4n) is 12.7. The highest BCUT2D eigenvalue weighted by Crippen LogP contribution is 2.66. The van der Waals surface area contributed by atoms with Crippen molar-refractivity contribution in [3.63, 3.8) is 0 Å². The molecular formula is C85H70Cl2S24. The normalized spacial score (nSPS) is 16.4. The van der Waals surface area contributed by atoms with Crippen LogP contribution in [0.2, 0.25) is 0 Å². The van der Waals surface area contributed by atoms with Gasteiger partial charge in [0, 0.05) is 11.1 Å². The van der Waals surface area contributed by atoms with Crippen LogP contribution >= 0.6 is 305 Å². The van der Waals surface area contributed by atoms with E-state index in [1.54, 1.807) is 0 Å². The number of benzene rings is 8. The zero-order valence-corrected chi connectivity index (χ0v) is 82.8. The van der Waals surface area contributed by atoms with Gasteiger partial charge in [0.05, 0.1) is 81.6 Å². The Morgan fingerprint density at radius 2 is 0.360 bits per heavy atom. The molecule has 0 N–H and O–H groups in total. The molecule has 0 bridgehead atoms. The molecule has 0 unspecified atom stereocenters. The Labute approximate surface area is 768 Å². The number of hydrogen-bond donors (Lipinski definition) is 0. The second kappa shape index (κ2) is 41.5. The minimum atomic E-state index is 0.194. The third kappa shape index (κ3) is 20.1. The van der Waals surface area contributed by atoms with Crippen molar-refractivity contribution in [2.45, 2.75) is 0 Å². The van der Waals surface area contributed by atoms with E-state index in [1.807, 2.05) is 282 Å². The molecule has 111 heavy (non-hydrogen) atoms. The molecule has 0 radical (unpaired) electrons. The lowest BCUT2D eigenvalue weighted by atomic mass is 9.95. The first kappa shape index (κ1) is 87.0. The number of fused-ring (bicyclic) bond motifs is 6. The zero-order chi connectivity index (χ0) is 77.4. The topological polar surface area (TPSA) is 0 Å². The van der Waals surface area contributed by atoms with Crippen LogP contribution in [0, 0.1) is 0 Å². The zero-order valence-electron chi connectivity index (χ0n) is 61.7. The van der Waals surface area contributed by atoms with E-state index in [0.717, 1.165) is 0 Å². The molecule has 26 heteroatoms. The number of halogens is 2. The van der Waals surface area contributed by atoms with Crippen molar-refractivity contribution in [1.29, 1.82) is 0 Å². The van der Waals surface area contributed by atoms with Crippen LogP contribution < -0.4 is 0 Å². The summed E-state index contributed by atoms with van der Waals surface area (Å²) in [5, 5.41) is 0.194. The Bertz CT molecular complexity index is 4620. The standard InChI is InChI=1S/2C42H34S12.CH2Cl2/c2*1-43-37-38(44-2)50-33(49-37)19-23-7-11-25(12-8-23)27-15-17-29-31(21-27)32-22-28(16-18-30(32)35(29)36-53-41(47-5)42(48-6)54-36)26-13-9-24(10-14-26)20-34-51-39(45-3)40(46-4)52-34;2-1-3/h2*7-22H,1-6H3;1H2. The summed E-state index contributed by atoms with van der Waals surface area (Å²) in [6.45, 7) is 0. The molecule has 6 aliphatic heterocycles. The molecule has 568 valence electrons. The van der Waals surface area contributed by atoms with E-state index in [4.69, 9.17) is 23.2 Å². The lowest BCUT2D eigenvalue weighted by molar-refractivity contribution is 1.57. The SMILES string of the molecule is CSC1=C(SC)SC(=Cc2ccc(-c3ccc4c(c3)-c3cc(-c5ccc(C=C6SC(SC)=C(SC)S6)cc5)ccc3C4=C3SC(SC)=C(SC)S3)cc2)S1.CSC1=C(SC)SC(=Cc2ccc(-c3ccc4c(c3)-c3cc(-c5ccc(C=C6SC(SC)=C(SC)S6)cc5)ccc3C4=C3SC(SC)=C(SC)S3)cc2)S1.ClCCl. The lowest BCUT2D eigenvalue weighted by Crippen LogP contribution is -1.85. The Kier molecular flexibility index (Phi) is 32.5. The van der Waals surface area contributed by atoms with Crippen LogP contribution in [0.4, 0.5) is 0 Å². The van der Waals surface area contributed by atoms with Crippen LogP contribution in [0.25, 0.3) is 102 Å². The molecule has 0 fully saturated rings. The van der Waals surface area contributed by atoms with Crippen molar-refractivity contribution in [1.82, 2.24) is 0 Å². The van der Waals surface area contributed by atoms with Crippen LogP contribution in [-0.2, 0) is 0 Å². The average Bonchev–Trinajstić information content (AvgIpc) is 1.58. The van der Waals surface area contributed by atoms with Gasteiger partial charge in [0.2, 0.25) is 0 Å². The quantitative estimate of drug-likeness (QED) is 0.0664. The molecule has 8 aromatic carbocycles. The van der Waals surface area contributed by atoms with Gasteiger partial charge in [-0.1, -0.05) is 287 Å². The van der Waals surface area contributed by atoms with Crippen molar-refractivity contribution in [3.8, 4) is 66.8 Å². The van der Waals surface area contributed by atoms with Gasteiger partial charge < -0.3 is 0 Å². The molecule has 0 spiro atoms. The fourth-order valence-corrected chi connectivity index (χ4v) is 42.7. The fraction of sp³-hybridized carbons (Fsp3) is 0.153. The summed E-state index contributed by atoms with van der Waals surface area (Å²) in [5.74, 6) is 0. The lowest BCUT2D eigenvalue weighted by Gasteiger charge is -2.09. The summed E-state index contributed by atoms with van der Waals surface area (Å²) < 4.78 is 25.0. The molecular weight excluding hydrogens is 1860 g/mol. The molecule has 0 nitrogen and oxygen atoms in total. The molecule has 0 saturated heterocycles. The van der Waals surface area contributed by atoms with Gasteiger partial charge in [-0.15, -0.1) is 164 Å². The molecule has 6 heterocycles. The number of thioether (sulfide) groups is 24. The number of alkyl halides is 2. The third-order valence-corrected chi connectivity index (χ3v) is 48.6. The molecule has 0 saturated carbocycles. The van der Waals surface area contributed by atoms with Crippen LogP contribution in [0.3, 0.4) is 0 Å². The van der Waals surface area contributed by atoms with Crippen LogP contribution in [0.1, 0.15) is 44.5 Å². The predicted octanol–water partition coefficient (Wildman–Crippen LogP) is 36.0. The summed E-state index contributed by atoms with van der Waals surface area (Å²) in [6.07, 6.45) is 35.4. The molecule has 0 aromatic heterocycles. The highest BCUT2D eigenvalue weighted by atomic mass is 35.5. The van der Waals surface area contributed by atoms with Gasteiger partial charge in [0.15, 0.2) is 0 Å². The Hall–Kier alpha value is -0.380. The van der Waals surface area contributed by atoms with Crippen LogP contribution in [0.15, 0.2) is 246 Å². The highest BCUT2D eigenvalue weighted by molar-refractivity contribution is 8.44. The summed E-state index contributed by atoms with van der Waals surface area (Å²) in [6, 6.07) is 64.8. The molecule has 0 atom stereocenters. The van der Waals surface area contributed by atoms with E-state index in [0.29, 0.717) is 0 Å². The molecule has 16 rings (SSSR count). The number of hydrogen-bond acceptors (Lipinski definition) is 24. The van der Waals surface area contributed by atoms with E-state index >= 15 is 0 Å². The second-order valence-electron chi connectivity index (χ2n) is 23.9. The predicted molar refractivity (Wildman–Crippen MR) is 561 cm³/mol. The maximum Gasteiger partial charge on any atom is 0.0967 e. The van der Waals surface area contributed by atoms with Crippen molar-refractivity contribution < 1.29 is 0 Å². The smallest absolute Gasteiger partial charge is 0.0967 e. The second-order valence-corrected chi connectivity index (χ2v) is 51.7. The Balaban J connectivity index is 0.000000178. The summed E-state index contributed by atoms with van der Waals surface area (Å²) in [7, 11) is 0. The molecule has 8 aromatic rings. The van der Waals surface area contributed by atoms with E-state index in [1.165, 1.54) is 199 Å². The Morgan fingerprint density at radius 1 is 0.207 bits per heavy atom. The first-order valence-electron chi connectivity index (χ1n) is 33.8. The van der Waals surface area contributed by atoms with Gasteiger partial charge in [-0.3, -0.25) is 0 Å². The summed E-state index contributed by atoms with van der Waals surface area (Å²) in [5.41, 5.74) is 28.3. The maximum atomic E-state index is 4.76. The average molecular weight is 1930 g/mol. The largest absolute Gasteiger partial charge is 0.121 e. The van der Waals surface area contributed by atoms with Crippen molar-refractivity contribution in [2.75, 3.05) is 80.4 Å². The maximum absolute atomic E-state index is 4.76. The van der Waals surface area contributed by atoms with Gasteiger partial charge >= 0.3 is 0 Å². The minimum Gasteiger partial charge on any atom is -0.121 e. The summed E-state index contributed by atoms with van der Waals surface area (Å²) >= 11 is 54.6. The minimum absolute atomic E-state index is 0.194. The molecule has 0 amide bonds. The van der Waals surface area contributed by atoms with Gasteiger partial charge in [-0.05, 0) is 235 Å². The first-order chi connectivity index (χ1) is 54.3. The van der Waals surface area contributed by atoms with Gasteiger partial charge in [-0.25, -0.2) is 0 Å².